The van der Waals surface area contributed by atoms with E-state index in [-0.39, 0.29) is 23.7 Å². The third-order valence-electron chi connectivity index (χ3n) is 4.12. The molecule has 7 nitrogen and oxygen atoms in total. The molecule has 128 valence electrons. The van der Waals surface area contributed by atoms with Gasteiger partial charge >= 0.3 is 0 Å². The van der Waals surface area contributed by atoms with Crippen molar-refractivity contribution in [2.24, 2.45) is 0 Å². The first-order valence-corrected chi connectivity index (χ1v) is 7.97. The summed E-state index contributed by atoms with van der Waals surface area (Å²) in [6.45, 7) is 0.978. The molecular weight excluding hydrogens is 322 g/mol. The molecule has 0 atom stereocenters. The van der Waals surface area contributed by atoms with Crippen LogP contribution in [0.1, 0.15) is 28.8 Å². The monoisotopic (exact) mass is 339 g/mol. The largest absolute Gasteiger partial charge is 0.348 e. The summed E-state index contributed by atoms with van der Waals surface area (Å²) in [7, 11) is 0. The summed E-state index contributed by atoms with van der Waals surface area (Å²) in [5.41, 5.74) is 1.51. The fourth-order valence-electron chi connectivity index (χ4n) is 2.82. The van der Waals surface area contributed by atoms with Gasteiger partial charge in [0.1, 0.15) is 5.56 Å². The zero-order valence-corrected chi connectivity index (χ0v) is 13.5. The number of amides is 2. The highest BCUT2D eigenvalue weighted by atomic mass is 16.6. The third kappa shape index (κ3) is 3.65. The van der Waals surface area contributed by atoms with Crippen LogP contribution < -0.4 is 10.2 Å². The van der Waals surface area contributed by atoms with Gasteiger partial charge in [0.15, 0.2) is 0 Å². The third-order valence-corrected chi connectivity index (χ3v) is 4.12. The molecule has 1 aliphatic rings. The highest BCUT2D eigenvalue weighted by Crippen LogP contribution is 2.22. The molecule has 0 unspecified atom stereocenters. The first-order chi connectivity index (χ1) is 12.1. The van der Waals surface area contributed by atoms with Crippen molar-refractivity contribution in [3.05, 3.63) is 69.8 Å². The molecule has 2 amide bonds. The molecular formula is C18H17N3O4. The van der Waals surface area contributed by atoms with Crippen LogP contribution in [-0.4, -0.2) is 23.3 Å². The molecule has 0 saturated carbocycles. The zero-order valence-electron chi connectivity index (χ0n) is 13.5. The van der Waals surface area contributed by atoms with Crippen LogP contribution in [0.15, 0.2) is 48.5 Å². The molecule has 0 aromatic heterocycles. The predicted octanol–water partition coefficient (Wildman–Crippen LogP) is 2.65. The summed E-state index contributed by atoms with van der Waals surface area (Å²) < 4.78 is 0. The SMILES string of the molecule is O=C(NCc1ccc(N2CCCC2=O)cc1)c1ccccc1[N+](=O)[O-]. The van der Waals surface area contributed by atoms with Gasteiger partial charge in [-0.15, -0.1) is 0 Å². The predicted molar refractivity (Wildman–Crippen MR) is 92.3 cm³/mol. The average molecular weight is 339 g/mol. The maximum absolute atomic E-state index is 12.2. The van der Waals surface area contributed by atoms with E-state index < -0.39 is 10.8 Å². The van der Waals surface area contributed by atoms with Crippen LogP contribution in [0.2, 0.25) is 0 Å². The number of anilines is 1. The Morgan fingerprint density at radius 3 is 2.52 bits per heavy atom. The fraction of sp³-hybridized carbons (Fsp3) is 0.222. The Morgan fingerprint density at radius 1 is 1.16 bits per heavy atom. The van der Waals surface area contributed by atoms with E-state index in [1.54, 1.807) is 11.0 Å². The Bertz CT molecular complexity index is 817. The Balaban J connectivity index is 1.65. The van der Waals surface area contributed by atoms with Gasteiger partial charge in [0.05, 0.1) is 4.92 Å². The molecule has 1 N–H and O–H groups in total. The molecule has 1 aliphatic heterocycles. The van der Waals surface area contributed by atoms with Gasteiger partial charge in [-0.3, -0.25) is 19.7 Å². The van der Waals surface area contributed by atoms with E-state index in [0.717, 1.165) is 24.2 Å². The molecule has 1 saturated heterocycles. The first kappa shape index (κ1) is 16.6. The van der Waals surface area contributed by atoms with Crippen LogP contribution in [0, 0.1) is 10.1 Å². The second-order valence-electron chi connectivity index (χ2n) is 5.77. The summed E-state index contributed by atoms with van der Waals surface area (Å²) in [4.78, 5) is 36.1. The number of carbonyl (C=O) groups excluding carboxylic acids is 2. The van der Waals surface area contributed by atoms with Crippen LogP contribution >= 0.6 is 0 Å². The van der Waals surface area contributed by atoms with Gasteiger partial charge in [-0.1, -0.05) is 24.3 Å². The minimum atomic E-state index is -0.573. The Morgan fingerprint density at radius 2 is 1.88 bits per heavy atom. The fourth-order valence-corrected chi connectivity index (χ4v) is 2.82. The van der Waals surface area contributed by atoms with Gasteiger partial charge in [0.2, 0.25) is 5.91 Å². The van der Waals surface area contributed by atoms with Crippen molar-refractivity contribution in [3.63, 3.8) is 0 Å². The van der Waals surface area contributed by atoms with Gasteiger partial charge in [-0.05, 0) is 30.2 Å². The van der Waals surface area contributed by atoms with Crippen molar-refractivity contribution in [2.75, 3.05) is 11.4 Å². The van der Waals surface area contributed by atoms with Crippen molar-refractivity contribution >= 4 is 23.2 Å². The molecule has 0 spiro atoms. The van der Waals surface area contributed by atoms with E-state index in [4.69, 9.17) is 0 Å². The second kappa shape index (κ2) is 7.12. The van der Waals surface area contributed by atoms with Gasteiger partial charge in [-0.2, -0.15) is 0 Å². The van der Waals surface area contributed by atoms with Gasteiger partial charge in [0.25, 0.3) is 11.6 Å². The minimum Gasteiger partial charge on any atom is -0.348 e. The number of hydrogen-bond acceptors (Lipinski definition) is 4. The van der Waals surface area contributed by atoms with Crippen LogP contribution in [0.4, 0.5) is 11.4 Å². The Labute approximate surface area is 144 Å². The molecule has 1 heterocycles. The van der Waals surface area contributed by atoms with Crippen molar-refractivity contribution in [1.29, 1.82) is 0 Å². The summed E-state index contributed by atoms with van der Waals surface area (Å²) in [5.74, 6) is -0.372. The number of hydrogen-bond donors (Lipinski definition) is 1. The Kier molecular flexibility index (Phi) is 4.74. The standard InChI is InChI=1S/C18H17N3O4/c22-17-6-3-11-20(17)14-9-7-13(8-10-14)12-19-18(23)15-4-1-2-5-16(15)21(24)25/h1-2,4-5,7-10H,3,6,11-12H2,(H,19,23). The lowest BCUT2D eigenvalue weighted by Crippen LogP contribution is -2.24. The van der Waals surface area contributed by atoms with Gasteiger partial charge in [-0.25, -0.2) is 0 Å². The van der Waals surface area contributed by atoms with Crippen LogP contribution in [-0.2, 0) is 11.3 Å². The smallest absolute Gasteiger partial charge is 0.282 e. The number of benzene rings is 2. The van der Waals surface area contributed by atoms with E-state index in [1.807, 2.05) is 24.3 Å². The van der Waals surface area contributed by atoms with E-state index in [9.17, 15) is 19.7 Å². The maximum atomic E-state index is 12.2. The van der Waals surface area contributed by atoms with E-state index in [2.05, 4.69) is 5.32 Å². The first-order valence-electron chi connectivity index (χ1n) is 7.97. The second-order valence-corrected chi connectivity index (χ2v) is 5.77. The van der Waals surface area contributed by atoms with Crippen molar-refractivity contribution in [1.82, 2.24) is 5.32 Å². The number of rotatable bonds is 5. The van der Waals surface area contributed by atoms with Gasteiger partial charge < -0.3 is 10.2 Å². The summed E-state index contributed by atoms with van der Waals surface area (Å²) >= 11 is 0. The molecule has 0 aliphatic carbocycles. The average Bonchev–Trinajstić information content (AvgIpc) is 3.06. The minimum absolute atomic E-state index is 0.0341. The maximum Gasteiger partial charge on any atom is 0.282 e. The topological polar surface area (TPSA) is 92.6 Å². The van der Waals surface area contributed by atoms with Crippen molar-refractivity contribution < 1.29 is 14.5 Å². The van der Waals surface area contributed by atoms with E-state index >= 15 is 0 Å². The van der Waals surface area contributed by atoms with Crippen LogP contribution in [0.3, 0.4) is 0 Å². The molecule has 0 radical (unpaired) electrons. The van der Waals surface area contributed by atoms with Crippen LogP contribution in [0.25, 0.3) is 0 Å². The molecule has 25 heavy (non-hydrogen) atoms. The normalized spacial score (nSPS) is 13.8. The molecule has 3 rings (SSSR count). The molecule has 7 heteroatoms. The number of carbonyl (C=O) groups is 2. The van der Waals surface area contributed by atoms with Crippen molar-refractivity contribution in [3.8, 4) is 0 Å². The van der Waals surface area contributed by atoms with E-state index in [1.165, 1.54) is 18.2 Å². The zero-order chi connectivity index (χ0) is 17.8. The van der Waals surface area contributed by atoms with Gasteiger partial charge in [0, 0.05) is 31.3 Å². The number of nitrogens with one attached hydrogen (secondary N) is 1. The molecule has 1 fully saturated rings. The number of nitro groups is 1. The summed E-state index contributed by atoms with van der Waals surface area (Å²) in [6.07, 6.45) is 1.44. The lowest BCUT2D eigenvalue weighted by Gasteiger charge is -2.16. The number of nitrogens with zero attached hydrogens (tertiary/aromatic N) is 2. The number of nitro benzene ring substituents is 1. The lowest BCUT2D eigenvalue weighted by atomic mass is 10.1. The van der Waals surface area contributed by atoms with Crippen molar-refractivity contribution in [2.45, 2.75) is 19.4 Å². The lowest BCUT2D eigenvalue weighted by molar-refractivity contribution is -0.385. The number of para-hydroxylation sites is 1. The Hall–Kier alpha value is -3.22. The molecule has 2 aromatic rings. The van der Waals surface area contributed by atoms with Crippen LogP contribution in [0.5, 0.6) is 0 Å². The molecule has 2 aromatic carbocycles. The summed E-state index contributed by atoms with van der Waals surface area (Å²) in [6, 6.07) is 13.2. The highest BCUT2D eigenvalue weighted by Gasteiger charge is 2.21. The quantitative estimate of drug-likeness (QED) is 0.669. The molecule has 0 bridgehead atoms. The van der Waals surface area contributed by atoms with E-state index in [0.29, 0.717) is 6.42 Å². The summed E-state index contributed by atoms with van der Waals surface area (Å²) in [5, 5.41) is 13.7. The highest BCUT2D eigenvalue weighted by molar-refractivity contribution is 5.98.